The van der Waals surface area contributed by atoms with E-state index in [1.54, 1.807) is 0 Å². The van der Waals surface area contributed by atoms with Crippen molar-refractivity contribution >= 4 is 33.1 Å². The highest BCUT2D eigenvalue weighted by Gasteiger charge is 2.26. The lowest BCUT2D eigenvalue weighted by molar-refractivity contribution is 0.100. The number of rotatable bonds is 3. The second-order valence-electron chi connectivity index (χ2n) is 5.71. The standard InChI is InChI=1S/C17H16N4OS/c18-14-13-11(10-7-20-8-10)6-12(9-4-2-1-3-5-9)21-17(13)23-15(14)16(19)22/h1-6,10,20H,7-8,18H2,(H2,19,22). The lowest BCUT2D eigenvalue weighted by atomic mass is 9.90. The summed E-state index contributed by atoms with van der Waals surface area (Å²) in [6.07, 6.45) is 0. The summed E-state index contributed by atoms with van der Waals surface area (Å²) in [5, 5.41) is 4.17. The molecule has 0 saturated carbocycles. The van der Waals surface area contributed by atoms with Gasteiger partial charge in [-0.2, -0.15) is 0 Å². The van der Waals surface area contributed by atoms with E-state index in [1.165, 1.54) is 11.3 Å². The van der Waals surface area contributed by atoms with Gasteiger partial charge >= 0.3 is 0 Å². The van der Waals surface area contributed by atoms with Gasteiger partial charge < -0.3 is 16.8 Å². The molecule has 1 aliphatic rings. The number of anilines is 1. The zero-order chi connectivity index (χ0) is 16.0. The fourth-order valence-electron chi connectivity index (χ4n) is 2.92. The summed E-state index contributed by atoms with van der Waals surface area (Å²) in [4.78, 5) is 17.5. The summed E-state index contributed by atoms with van der Waals surface area (Å²) in [5.41, 5.74) is 15.2. The van der Waals surface area contributed by atoms with Crippen LogP contribution in [-0.2, 0) is 0 Å². The third-order valence-corrected chi connectivity index (χ3v) is 5.36. The number of aromatic nitrogens is 1. The highest BCUT2D eigenvalue weighted by Crippen LogP contribution is 2.40. The van der Waals surface area contributed by atoms with Crippen molar-refractivity contribution in [2.45, 2.75) is 5.92 Å². The average Bonchev–Trinajstić information content (AvgIpc) is 2.84. The van der Waals surface area contributed by atoms with E-state index in [0.29, 0.717) is 16.5 Å². The molecule has 23 heavy (non-hydrogen) atoms. The summed E-state index contributed by atoms with van der Waals surface area (Å²) in [6.45, 7) is 1.82. The Balaban J connectivity index is 1.99. The van der Waals surface area contributed by atoms with Gasteiger partial charge in [0.15, 0.2) is 0 Å². The van der Waals surface area contributed by atoms with Crippen molar-refractivity contribution in [1.82, 2.24) is 10.3 Å². The predicted molar refractivity (Wildman–Crippen MR) is 93.6 cm³/mol. The molecule has 3 aromatic rings. The van der Waals surface area contributed by atoms with Crippen LogP contribution in [0.1, 0.15) is 21.2 Å². The van der Waals surface area contributed by atoms with Crippen LogP contribution < -0.4 is 16.8 Å². The first-order valence-electron chi connectivity index (χ1n) is 7.44. The first-order chi connectivity index (χ1) is 11.1. The molecule has 1 aliphatic heterocycles. The maximum atomic E-state index is 11.6. The summed E-state index contributed by atoms with van der Waals surface area (Å²) in [7, 11) is 0. The predicted octanol–water partition coefficient (Wildman–Crippen LogP) is 2.33. The van der Waals surface area contributed by atoms with Crippen molar-refractivity contribution in [1.29, 1.82) is 0 Å². The number of nitrogens with zero attached hydrogens (tertiary/aromatic N) is 1. The largest absolute Gasteiger partial charge is 0.397 e. The van der Waals surface area contributed by atoms with Crippen LogP contribution in [0, 0.1) is 0 Å². The normalized spacial score (nSPS) is 14.8. The van der Waals surface area contributed by atoms with Gasteiger partial charge in [-0.15, -0.1) is 11.3 Å². The van der Waals surface area contributed by atoms with E-state index in [9.17, 15) is 4.79 Å². The SMILES string of the molecule is NC(=O)c1sc2nc(-c3ccccc3)cc(C3CNC3)c2c1N. The van der Waals surface area contributed by atoms with Crippen molar-refractivity contribution in [2.24, 2.45) is 5.73 Å². The minimum atomic E-state index is -0.496. The van der Waals surface area contributed by atoms with E-state index in [4.69, 9.17) is 16.5 Å². The van der Waals surface area contributed by atoms with Gasteiger partial charge in [0.1, 0.15) is 9.71 Å². The molecule has 116 valence electrons. The number of hydrogen-bond donors (Lipinski definition) is 3. The Morgan fingerprint density at radius 2 is 2.00 bits per heavy atom. The fraction of sp³-hybridized carbons (Fsp3) is 0.176. The number of primary amides is 1. The van der Waals surface area contributed by atoms with Crippen molar-refractivity contribution < 1.29 is 4.79 Å². The quantitative estimate of drug-likeness (QED) is 0.689. The second kappa shape index (κ2) is 5.33. The Hall–Kier alpha value is -2.44. The number of hydrogen-bond acceptors (Lipinski definition) is 5. The van der Waals surface area contributed by atoms with Crippen LogP contribution in [0.4, 0.5) is 5.69 Å². The first-order valence-corrected chi connectivity index (χ1v) is 8.25. The first kappa shape index (κ1) is 14.2. The minimum Gasteiger partial charge on any atom is -0.397 e. The molecule has 5 nitrogen and oxygen atoms in total. The smallest absolute Gasteiger partial charge is 0.260 e. The molecular formula is C17H16N4OS. The molecule has 0 aliphatic carbocycles. The van der Waals surface area contributed by atoms with Crippen LogP contribution >= 0.6 is 11.3 Å². The van der Waals surface area contributed by atoms with E-state index >= 15 is 0 Å². The van der Waals surface area contributed by atoms with E-state index in [-0.39, 0.29) is 0 Å². The van der Waals surface area contributed by atoms with Crippen LogP contribution in [0.25, 0.3) is 21.5 Å². The van der Waals surface area contributed by atoms with Crippen LogP contribution in [0.3, 0.4) is 0 Å². The number of benzene rings is 1. The lowest BCUT2D eigenvalue weighted by Gasteiger charge is -2.28. The minimum absolute atomic E-state index is 0.389. The number of pyridine rings is 1. The summed E-state index contributed by atoms with van der Waals surface area (Å²) in [6, 6.07) is 12.1. The maximum absolute atomic E-state index is 11.6. The second-order valence-corrected chi connectivity index (χ2v) is 6.71. The van der Waals surface area contributed by atoms with Gasteiger partial charge in [0, 0.05) is 30.0 Å². The Labute approximate surface area is 137 Å². The molecule has 1 amide bonds. The van der Waals surface area contributed by atoms with Gasteiger partial charge in [-0.05, 0) is 11.6 Å². The van der Waals surface area contributed by atoms with Gasteiger partial charge in [0.2, 0.25) is 0 Å². The molecule has 3 heterocycles. The van der Waals surface area contributed by atoms with Crippen LogP contribution in [0.15, 0.2) is 36.4 Å². The van der Waals surface area contributed by atoms with Crippen molar-refractivity contribution in [3.8, 4) is 11.3 Å². The number of nitrogens with one attached hydrogen (secondary N) is 1. The molecule has 1 aromatic carbocycles. The number of thiophene rings is 1. The molecule has 1 fully saturated rings. The van der Waals surface area contributed by atoms with E-state index < -0.39 is 5.91 Å². The maximum Gasteiger partial charge on any atom is 0.260 e. The van der Waals surface area contributed by atoms with Crippen molar-refractivity contribution in [3.63, 3.8) is 0 Å². The summed E-state index contributed by atoms with van der Waals surface area (Å²) >= 11 is 1.28. The molecule has 0 atom stereocenters. The Bertz CT molecular complexity index is 900. The molecule has 4 rings (SSSR count). The average molecular weight is 324 g/mol. The Kier molecular flexibility index (Phi) is 3.28. The topological polar surface area (TPSA) is 94.0 Å². The van der Waals surface area contributed by atoms with Crippen LogP contribution in [-0.4, -0.2) is 24.0 Å². The number of nitrogens with two attached hydrogens (primary N) is 2. The van der Waals surface area contributed by atoms with Gasteiger partial charge in [-0.1, -0.05) is 30.3 Å². The third-order valence-electron chi connectivity index (χ3n) is 4.24. The summed E-state index contributed by atoms with van der Waals surface area (Å²) < 4.78 is 0. The highest BCUT2D eigenvalue weighted by molar-refractivity contribution is 7.21. The summed E-state index contributed by atoms with van der Waals surface area (Å²) in [5.74, 6) is -0.106. The number of carbonyl (C=O) groups excluding carboxylic acids is 1. The molecule has 0 radical (unpaired) electrons. The fourth-order valence-corrected chi connectivity index (χ4v) is 3.90. The van der Waals surface area contributed by atoms with Crippen molar-refractivity contribution in [3.05, 3.63) is 46.8 Å². The van der Waals surface area contributed by atoms with Gasteiger partial charge in [-0.25, -0.2) is 4.98 Å². The highest BCUT2D eigenvalue weighted by atomic mass is 32.1. The molecule has 0 bridgehead atoms. The number of carbonyl (C=O) groups is 1. The molecule has 0 spiro atoms. The Morgan fingerprint density at radius 1 is 1.26 bits per heavy atom. The number of nitrogen functional groups attached to an aromatic ring is 1. The van der Waals surface area contributed by atoms with Crippen LogP contribution in [0.2, 0.25) is 0 Å². The van der Waals surface area contributed by atoms with E-state index in [0.717, 1.165) is 40.1 Å². The lowest BCUT2D eigenvalue weighted by Crippen LogP contribution is -2.40. The van der Waals surface area contributed by atoms with Gasteiger partial charge in [0.25, 0.3) is 5.91 Å². The zero-order valence-corrected chi connectivity index (χ0v) is 13.2. The zero-order valence-electron chi connectivity index (χ0n) is 12.4. The van der Waals surface area contributed by atoms with Crippen LogP contribution in [0.5, 0.6) is 0 Å². The monoisotopic (exact) mass is 324 g/mol. The van der Waals surface area contributed by atoms with Crippen molar-refractivity contribution in [2.75, 3.05) is 18.8 Å². The van der Waals surface area contributed by atoms with Gasteiger partial charge in [0.05, 0.1) is 11.4 Å². The molecule has 0 unspecified atom stereocenters. The molecule has 1 saturated heterocycles. The van der Waals surface area contributed by atoms with Gasteiger partial charge in [-0.3, -0.25) is 4.79 Å². The number of fused-ring (bicyclic) bond motifs is 1. The van der Waals surface area contributed by atoms with E-state index in [2.05, 4.69) is 11.4 Å². The number of amides is 1. The molecular weight excluding hydrogens is 308 g/mol. The molecule has 5 N–H and O–H groups in total. The Morgan fingerprint density at radius 3 is 2.61 bits per heavy atom. The third kappa shape index (κ3) is 2.27. The molecule has 6 heteroatoms. The molecule has 2 aromatic heterocycles. The van der Waals surface area contributed by atoms with E-state index in [1.807, 2.05) is 30.3 Å².